The van der Waals surface area contributed by atoms with E-state index in [9.17, 15) is 23.1 Å². The zero-order chi connectivity index (χ0) is 11.4. The van der Waals surface area contributed by atoms with Crippen LogP contribution in [0.3, 0.4) is 0 Å². The molecule has 0 spiro atoms. The molecule has 82 valence electrons. The number of aliphatic carboxylic acids is 1. The number of carboxylic acids is 1. The van der Waals surface area contributed by atoms with E-state index >= 15 is 0 Å². The van der Waals surface area contributed by atoms with Gasteiger partial charge in [-0.25, -0.2) is 8.42 Å². The van der Waals surface area contributed by atoms with Crippen LogP contribution in [0.25, 0.3) is 0 Å². The van der Waals surface area contributed by atoms with Crippen LogP contribution in [0.2, 0.25) is 0 Å². The molecule has 0 bridgehead atoms. The first-order valence-electron chi connectivity index (χ1n) is 3.88. The topological polar surface area (TPSA) is 103 Å². The Balaban J connectivity index is 4.25. The summed E-state index contributed by atoms with van der Waals surface area (Å²) in [5.74, 6) is -2.32. The van der Waals surface area contributed by atoms with Crippen LogP contribution in [0, 0.1) is 0 Å². The third-order valence-electron chi connectivity index (χ3n) is 1.44. The van der Waals surface area contributed by atoms with Crippen molar-refractivity contribution in [3.8, 4) is 0 Å². The highest BCUT2D eigenvalue weighted by Gasteiger charge is 2.13. The summed E-state index contributed by atoms with van der Waals surface area (Å²) in [6.07, 6.45) is 0.813. The summed E-state index contributed by atoms with van der Waals surface area (Å²) in [4.78, 5) is 21.0. The van der Waals surface area contributed by atoms with Gasteiger partial charge in [0.05, 0.1) is 17.8 Å². The average Bonchev–Trinajstić information content (AvgIpc) is 1.94. The van der Waals surface area contributed by atoms with Gasteiger partial charge < -0.3 is 15.2 Å². The lowest BCUT2D eigenvalue weighted by Gasteiger charge is -2.17. The Morgan fingerprint density at radius 3 is 2.21 bits per heavy atom. The van der Waals surface area contributed by atoms with Gasteiger partial charge in [0, 0.05) is 13.2 Å². The number of nitrogens with one attached hydrogen (secondary N) is 1. The predicted octanol–water partition coefficient (Wildman–Crippen LogP) is -2.32. The van der Waals surface area contributed by atoms with E-state index in [0.29, 0.717) is 0 Å². The Morgan fingerprint density at radius 2 is 1.93 bits per heavy atom. The molecule has 0 rings (SSSR count). The Hall–Kier alpha value is -1.11. The molecule has 0 saturated heterocycles. The summed E-state index contributed by atoms with van der Waals surface area (Å²) < 4.78 is 21.4. The van der Waals surface area contributed by atoms with Crippen LogP contribution >= 0.6 is 0 Å². The molecule has 0 aromatic rings. The lowest BCUT2D eigenvalue weighted by Crippen LogP contribution is -2.48. The first-order chi connectivity index (χ1) is 6.22. The zero-order valence-corrected chi connectivity index (χ0v) is 8.76. The second-order valence-corrected chi connectivity index (χ2v) is 5.25. The van der Waals surface area contributed by atoms with Crippen LogP contribution < -0.4 is 10.4 Å². The lowest BCUT2D eigenvalue weighted by molar-refractivity contribution is -0.308. The quantitative estimate of drug-likeness (QED) is 0.562. The fourth-order valence-corrected chi connectivity index (χ4v) is 1.49. The molecule has 0 aliphatic carbocycles. The molecule has 0 radical (unpaired) electrons. The third-order valence-corrected chi connectivity index (χ3v) is 2.42. The standard InChI is InChI=1S/C7H13NO5S/c1-5(9)8-6(7(10)11)3-4-14(2,12)13/h6H,3-4H2,1-2H3,(H,8,9)(H,10,11)/p-1/t6-/m0/s1. The van der Waals surface area contributed by atoms with E-state index in [0.717, 1.165) is 13.2 Å². The second-order valence-electron chi connectivity index (χ2n) is 2.99. The number of sulfone groups is 1. The van der Waals surface area contributed by atoms with E-state index in [-0.39, 0.29) is 12.2 Å². The fourth-order valence-electron chi connectivity index (χ4n) is 0.826. The number of rotatable bonds is 5. The Kier molecular flexibility index (Phi) is 4.55. The minimum atomic E-state index is -3.23. The Labute approximate surface area is 82.2 Å². The van der Waals surface area contributed by atoms with Crippen molar-refractivity contribution in [1.82, 2.24) is 5.32 Å². The van der Waals surface area contributed by atoms with Crippen LogP contribution in [0.1, 0.15) is 13.3 Å². The number of carbonyl (C=O) groups excluding carboxylic acids is 2. The molecular formula is C7H12NO5S-. The van der Waals surface area contributed by atoms with Crippen LogP contribution in [0.5, 0.6) is 0 Å². The molecule has 0 aromatic heterocycles. The molecule has 0 heterocycles. The smallest absolute Gasteiger partial charge is 0.217 e. The highest BCUT2D eigenvalue weighted by molar-refractivity contribution is 7.90. The number of carboxylic acid groups (broad SMARTS) is 1. The van der Waals surface area contributed by atoms with E-state index in [2.05, 4.69) is 5.32 Å². The number of hydrogen-bond donors (Lipinski definition) is 1. The number of carbonyl (C=O) groups is 2. The summed E-state index contributed by atoms with van der Waals surface area (Å²) in [6, 6.07) is -1.25. The Bertz CT molecular complexity index is 321. The van der Waals surface area contributed by atoms with Crippen molar-refractivity contribution in [2.75, 3.05) is 12.0 Å². The van der Waals surface area contributed by atoms with Gasteiger partial charge in [0.25, 0.3) is 0 Å². The van der Waals surface area contributed by atoms with Gasteiger partial charge >= 0.3 is 0 Å². The largest absolute Gasteiger partial charge is 0.548 e. The van der Waals surface area contributed by atoms with Gasteiger partial charge in [-0.3, -0.25) is 4.79 Å². The van der Waals surface area contributed by atoms with Crippen LogP contribution in [-0.4, -0.2) is 38.3 Å². The second kappa shape index (κ2) is 4.94. The summed E-state index contributed by atoms with van der Waals surface area (Å²) >= 11 is 0. The number of hydrogen-bond acceptors (Lipinski definition) is 5. The van der Waals surface area contributed by atoms with Crippen molar-refractivity contribution in [1.29, 1.82) is 0 Å². The average molecular weight is 222 g/mol. The van der Waals surface area contributed by atoms with Crippen molar-refractivity contribution in [2.45, 2.75) is 19.4 Å². The van der Waals surface area contributed by atoms with Gasteiger partial charge in [-0.2, -0.15) is 0 Å². The molecule has 0 aromatic carbocycles. The maximum atomic E-state index is 10.7. The van der Waals surface area contributed by atoms with Gasteiger partial charge in [0.1, 0.15) is 9.84 Å². The molecule has 6 nitrogen and oxygen atoms in total. The first-order valence-corrected chi connectivity index (χ1v) is 5.94. The van der Waals surface area contributed by atoms with Crippen molar-refractivity contribution >= 4 is 21.7 Å². The molecule has 0 fully saturated rings. The summed E-state index contributed by atoms with van der Waals surface area (Å²) in [5, 5.41) is 12.5. The molecular weight excluding hydrogens is 210 g/mol. The summed E-state index contributed by atoms with van der Waals surface area (Å²) in [6.45, 7) is 1.15. The Morgan fingerprint density at radius 1 is 1.43 bits per heavy atom. The monoisotopic (exact) mass is 222 g/mol. The normalized spacial score (nSPS) is 13.3. The fraction of sp³-hybridized carbons (Fsp3) is 0.714. The lowest BCUT2D eigenvalue weighted by atomic mass is 10.2. The van der Waals surface area contributed by atoms with E-state index in [1.807, 2.05) is 0 Å². The van der Waals surface area contributed by atoms with Gasteiger partial charge in [-0.15, -0.1) is 0 Å². The predicted molar refractivity (Wildman–Crippen MR) is 46.9 cm³/mol. The van der Waals surface area contributed by atoms with Gasteiger partial charge in [0.15, 0.2) is 0 Å². The first kappa shape index (κ1) is 12.9. The molecule has 0 unspecified atom stereocenters. The number of amides is 1. The third kappa shape index (κ3) is 6.41. The molecule has 0 aliphatic rings. The molecule has 7 heteroatoms. The van der Waals surface area contributed by atoms with E-state index in [4.69, 9.17) is 0 Å². The molecule has 1 atom stereocenters. The zero-order valence-electron chi connectivity index (χ0n) is 7.94. The molecule has 1 N–H and O–H groups in total. The highest BCUT2D eigenvalue weighted by atomic mass is 32.2. The van der Waals surface area contributed by atoms with E-state index in [1.54, 1.807) is 0 Å². The van der Waals surface area contributed by atoms with E-state index < -0.39 is 27.8 Å². The maximum Gasteiger partial charge on any atom is 0.217 e. The van der Waals surface area contributed by atoms with Crippen LogP contribution in [0.15, 0.2) is 0 Å². The van der Waals surface area contributed by atoms with Crippen molar-refractivity contribution < 1.29 is 23.1 Å². The molecule has 1 amide bonds. The highest BCUT2D eigenvalue weighted by Crippen LogP contribution is 1.95. The van der Waals surface area contributed by atoms with Gasteiger partial charge in [0.2, 0.25) is 5.91 Å². The minimum absolute atomic E-state index is 0.180. The van der Waals surface area contributed by atoms with Gasteiger partial charge in [-0.05, 0) is 6.42 Å². The van der Waals surface area contributed by atoms with Crippen molar-refractivity contribution in [2.24, 2.45) is 0 Å². The van der Waals surface area contributed by atoms with Gasteiger partial charge in [-0.1, -0.05) is 0 Å². The molecule has 0 saturated carbocycles. The maximum absolute atomic E-state index is 10.7. The van der Waals surface area contributed by atoms with E-state index in [1.165, 1.54) is 0 Å². The molecule has 0 aliphatic heterocycles. The van der Waals surface area contributed by atoms with Crippen molar-refractivity contribution in [3.05, 3.63) is 0 Å². The van der Waals surface area contributed by atoms with Crippen molar-refractivity contribution in [3.63, 3.8) is 0 Å². The van der Waals surface area contributed by atoms with Crippen LogP contribution in [-0.2, 0) is 19.4 Å². The summed E-state index contributed by atoms with van der Waals surface area (Å²) in [7, 11) is -3.23. The molecule has 14 heavy (non-hydrogen) atoms. The minimum Gasteiger partial charge on any atom is -0.548 e. The van der Waals surface area contributed by atoms with Crippen LogP contribution in [0.4, 0.5) is 0 Å². The SMILES string of the molecule is CC(=O)N[C@@H](CCS(C)(=O)=O)C(=O)[O-]. The summed E-state index contributed by atoms with van der Waals surface area (Å²) in [5.41, 5.74) is 0.